The van der Waals surface area contributed by atoms with Crippen LogP contribution in [0.15, 0.2) is 42.5 Å². The van der Waals surface area contributed by atoms with Crippen LogP contribution in [0.4, 0.5) is 0 Å². The van der Waals surface area contributed by atoms with Gasteiger partial charge in [0.25, 0.3) is 0 Å². The highest BCUT2D eigenvalue weighted by molar-refractivity contribution is 6.06. The summed E-state index contributed by atoms with van der Waals surface area (Å²) >= 11 is 0. The molecule has 0 amide bonds. The van der Waals surface area contributed by atoms with Crippen LogP contribution >= 0.6 is 0 Å². The highest BCUT2D eigenvalue weighted by atomic mass is 16.5. The van der Waals surface area contributed by atoms with Gasteiger partial charge in [0.1, 0.15) is 0 Å². The Morgan fingerprint density at radius 3 is 2.41 bits per heavy atom. The molecule has 0 unspecified atom stereocenters. The highest BCUT2D eigenvalue weighted by Gasteiger charge is 2.03. The van der Waals surface area contributed by atoms with Crippen LogP contribution in [0.1, 0.15) is 24.2 Å². The molecule has 0 N–H and O–H groups in total. The molecule has 0 radical (unpaired) electrons. The lowest BCUT2D eigenvalue weighted by Crippen LogP contribution is -2.07. The largest absolute Gasteiger partial charge is 0.462 e. The molecular formula is C14H16O3. The topological polar surface area (TPSA) is 43.4 Å². The van der Waals surface area contributed by atoms with E-state index in [1.807, 2.05) is 19.9 Å². The lowest BCUT2D eigenvalue weighted by molar-refractivity contribution is -0.138. The Bertz CT molecular complexity index is 405. The van der Waals surface area contributed by atoms with E-state index in [4.69, 9.17) is 4.74 Å². The molecule has 0 spiro atoms. The molecule has 0 aromatic heterocycles. The van der Waals surface area contributed by atoms with E-state index in [9.17, 15) is 9.59 Å². The predicted octanol–water partition coefficient (Wildman–Crippen LogP) is 2.62. The second-order valence-corrected chi connectivity index (χ2v) is 4.09. The number of ketones is 1. The smallest absolute Gasteiger partial charge is 0.330 e. The minimum Gasteiger partial charge on any atom is -0.462 e. The number of rotatable bonds is 5. The Kier molecular flexibility index (Phi) is 5.14. The molecule has 1 aromatic carbocycles. The second-order valence-electron chi connectivity index (χ2n) is 4.09. The van der Waals surface area contributed by atoms with Gasteiger partial charge in [-0.25, -0.2) is 4.79 Å². The normalized spacial score (nSPS) is 10.8. The van der Waals surface area contributed by atoms with Gasteiger partial charge in [0, 0.05) is 11.6 Å². The SMILES string of the molecule is CC(C)COC(=O)C=CC(=O)c1ccccc1. The summed E-state index contributed by atoms with van der Waals surface area (Å²) in [5.74, 6) is -0.396. The Hall–Kier alpha value is -1.90. The molecule has 0 atom stereocenters. The van der Waals surface area contributed by atoms with Gasteiger partial charge in [0.05, 0.1) is 6.61 Å². The van der Waals surface area contributed by atoms with Crippen molar-refractivity contribution in [1.29, 1.82) is 0 Å². The van der Waals surface area contributed by atoms with Crippen molar-refractivity contribution in [3.05, 3.63) is 48.0 Å². The van der Waals surface area contributed by atoms with Crippen molar-refractivity contribution in [1.82, 2.24) is 0 Å². The summed E-state index contributed by atoms with van der Waals surface area (Å²) in [6, 6.07) is 8.78. The average molecular weight is 232 g/mol. The molecule has 0 aliphatic rings. The van der Waals surface area contributed by atoms with Gasteiger partial charge in [-0.2, -0.15) is 0 Å². The van der Waals surface area contributed by atoms with Gasteiger partial charge in [0.2, 0.25) is 0 Å². The van der Waals surface area contributed by atoms with Crippen molar-refractivity contribution >= 4 is 11.8 Å². The summed E-state index contributed by atoms with van der Waals surface area (Å²) in [5, 5.41) is 0. The van der Waals surface area contributed by atoms with Crippen LogP contribution in [0.25, 0.3) is 0 Å². The van der Waals surface area contributed by atoms with E-state index in [1.54, 1.807) is 24.3 Å². The Labute approximate surface area is 101 Å². The standard InChI is InChI=1S/C14H16O3/c1-11(2)10-17-14(16)9-8-13(15)12-6-4-3-5-7-12/h3-9,11H,10H2,1-2H3. The molecule has 0 bridgehead atoms. The maximum atomic E-state index is 11.6. The zero-order valence-corrected chi connectivity index (χ0v) is 10.1. The van der Waals surface area contributed by atoms with Gasteiger partial charge in [-0.05, 0) is 12.0 Å². The molecule has 0 heterocycles. The van der Waals surface area contributed by atoms with Crippen molar-refractivity contribution in [2.75, 3.05) is 6.61 Å². The van der Waals surface area contributed by atoms with Crippen LogP contribution in [0.5, 0.6) is 0 Å². The molecule has 0 saturated carbocycles. The van der Waals surface area contributed by atoms with E-state index in [0.29, 0.717) is 12.2 Å². The molecule has 3 heteroatoms. The minimum absolute atomic E-state index is 0.202. The number of hydrogen-bond acceptors (Lipinski definition) is 3. The first kappa shape index (κ1) is 13.2. The van der Waals surface area contributed by atoms with E-state index in [0.717, 1.165) is 6.08 Å². The summed E-state index contributed by atoms with van der Waals surface area (Å²) < 4.78 is 4.91. The van der Waals surface area contributed by atoms with E-state index in [-0.39, 0.29) is 11.7 Å². The minimum atomic E-state index is -0.483. The van der Waals surface area contributed by atoms with Crippen LogP contribution in [0.2, 0.25) is 0 Å². The van der Waals surface area contributed by atoms with Crippen molar-refractivity contribution in [2.45, 2.75) is 13.8 Å². The zero-order valence-electron chi connectivity index (χ0n) is 10.1. The molecule has 0 aliphatic heterocycles. The van der Waals surface area contributed by atoms with Gasteiger partial charge in [-0.1, -0.05) is 44.2 Å². The van der Waals surface area contributed by atoms with Crippen LogP contribution < -0.4 is 0 Å². The van der Waals surface area contributed by atoms with Gasteiger partial charge >= 0.3 is 5.97 Å². The monoisotopic (exact) mass is 232 g/mol. The van der Waals surface area contributed by atoms with Gasteiger partial charge in [0.15, 0.2) is 5.78 Å². The first-order valence-corrected chi connectivity index (χ1v) is 5.54. The Morgan fingerprint density at radius 1 is 1.18 bits per heavy atom. The first-order chi connectivity index (χ1) is 8.09. The lowest BCUT2D eigenvalue weighted by atomic mass is 10.1. The van der Waals surface area contributed by atoms with Gasteiger partial charge in [-0.15, -0.1) is 0 Å². The molecule has 1 rings (SSSR count). The number of allylic oxidation sites excluding steroid dienone is 1. The van der Waals surface area contributed by atoms with Crippen LogP contribution in [0.3, 0.4) is 0 Å². The summed E-state index contributed by atoms with van der Waals surface area (Å²) in [6.45, 7) is 4.26. The van der Waals surface area contributed by atoms with Crippen LogP contribution in [-0.4, -0.2) is 18.4 Å². The molecular weight excluding hydrogens is 216 g/mol. The first-order valence-electron chi connectivity index (χ1n) is 5.54. The highest BCUT2D eigenvalue weighted by Crippen LogP contribution is 2.01. The third-order valence-corrected chi connectivity index (χ3v) is 1.99. The molecule has 90 valence electrons. The van der Waals surface area contributed by atoms with Crippen molar-refractivity contribution in [3.8, 4) is 0 Å². The van der Waals surface area contributed by atoms with Crippen molar-refractivity contribution in [3.63, 3.8) is 0 Å². The fourth-order valence-electron chi connectivity index (χ4n) is 1.14. The van der Waals surface area contributed by atoms with E-state index in [2.05, 4.69) is 0 Å². The molecule has 0 saturated heterocycles. The maximum absolute atomic E-state index is 11.6. The van der Waals surface area contributed by atoms with Crippen LogP contribution in [-0.2, 0) is 9.53 Å². The quantitative estimate of drug-likeness (QED) is 0.445. The number of carbonyl (C=O) groups excluding carboxylic acids is 2. The number of benzene rings is 1. The molecule has 17 heavy (non-hydrogen) atoms. The van der Waals surface area contributed by atoms with E-state index >= 15 is 0 Å². The number of hydrogen-bond donors (Lipinski definition) is 0. The second kappa shape index (κ2) is 6.63. The van der Waals surface area contributed by atoms with E-state index in [1.165, 1.54) is 6.08 Å². The van der Waals surface area contributed by atoms with Crippen molar-refractivity contribution in [2.24, 2.45) is 5.92 Å². The van der Waals surface area contributed by atoms with Gasteiger partial charge < -0.3 is 4.74 Å². The molecule has 0 aliphatic carbocycles. The Balaban J connectivity index is 2.49. The fourth-order valence-corrected chi connectivity index (χ4v) is 1.14. The summed E-state index contributed by atoms with van der Waals surface area (Å²) in [4.78, 5) is 22.8. The zero-order chi connectivity index (χ0) is 12.7. The lowest BCUT2D eigenvalue weighted by Gasteiger charge is -2.03. The summed E-state index contributed by atoms with van der Waals surface area (Å²) in [5.41, 5.74) is 0.556. The maximum Gasteiger partial charge on any atom is 0.330 e. The summed E-state index contributed by atoms with van der Waals surface area (Å²) in [7, 11) is 0. The Morgan fingerprint density at radius 2 is 1.82 bits per heavy atom. The predicted molar refractivity (Wildman–Crippen MR) is 65.7 cm³/mol. The van der Waals surface area contributed by atoms with Crippen molar-refractivity contribution < 1.29 is 14.3 Å². The molecule has 0 fully saturated rings. The van der Waals surface area contributed by atoms with Gasteiger partial charge in [-0.3, -0.25) is 4.79 Å². The number of esters is 1. The van der Waals surface area contributed by atoms with Crippen LogP contribution in [0, 0.1) is 5.92 Å². The average Bonchev–Trinajstić information content (AvgIpc) is 2.34. The third-order valence-electron chi connectivity index (χ3n) is 1.99. The number of ether oxygens (including phenoxy) is 1. The number of carbonyl (C=O) groups is 2. The third kappa shape index (κ3) is 5.11. The molecule has 3 nitrogen and oxygen atoms in total. The molecule has 1 aromatic rings. The summed E-state index contributed by atoms with van der Waals surface area (Å²) in [6.07, 6.45) is 2.40. The van der Waals surface area contributed by atoms with E-state index < -0.39 is 5.97 Å². The fraction of sp³-hybridized carbons (Fsp3) is 0.286.